The van der Waals surface area contributed by atoms with Gasteiger partial charge in [0.25, 0.3) is 0 Å². The van der Waals surface area contributed by atoms with Crippen LogP contribution in [0.2, 0.25) is 0 Å². The Kier molecular flexibility index (Phi) is 4.65. The molecule has 152 valence electrons. The molecule has 1 aromatic heterocycles. The normalized spacial score (nSPS) is 38.1. The van der Waals surface area contributed by atoms with Crippen molar-refractivity contribution in [2.45, 2.75) is 58.7 Å². The average molecular weight is 388 g/mol. The van der Waals surface area contributed by atoms with Gasteiger partial charge < -0.3 is 19.0 Å². The molecule has 0 bridgehead atoms. The number of aliphatic hydroxyl groups is 1. The van der Waals surface area contributed by atoms with Crippen molar-refractivity contribution in [1.82, 2.24) is 0 Å². The number of furan rings is 1. The van der Waals surface area contributed by atoms with Crippen LogP contribution in [0.25, 0.3) is 0 Å². The maximum Gasteiger partial charge on any atom is 0.334 e. The summed E-state index contributed by atoms with van der Waals surface area (Å²) in [5, 5.41) is 10.9. The summed E-state index contributed by atoms with van der Waals surface area (Å²) in [6, 6.07) is 1.77. The Morgan fingerprint density at radius 3 is 2.93 bits per heavy atom. The van der Waals surface area contributed by atoms with Gasteiger partial charge >= 0.3 is 11.9 Å². The summed E-state index contributed by atoms with van der Waals surface area (Å²) in [5.41, 5.74) is 0.675. The maximum atomic E-state index is 12.4. The number of hydrogen-bond donors (Lipinski definition) is 1. The lowest BCUT2D eigenvalue weighted by atomic mass is 9.46. The van der Waals surface area contributed by atoms with Crippen LogP contribution in [0.5, 0.6) is 0 Å². The third kappa shape index (κ3) is 2.81. The molecule has 2 heterocycles. The highest BCUT2D eigenvalue weighted by molar-refractivity contribution is 5.92. The summed E-state index contributed by atoms with van der Waals surface area (Å²) < 4.78 is 16.4. The fourth-order valence-corrected chi connectivity index (χ4v) is 6.03. The van der Waals surface area contributed by atoms with Crippen LogP contribution < -0.4 is 0 Å². The molecule has 0 aromatic carbocycles. The van der Waals surface area contributed by atoms with Gasteiger partial charge in [0.15, 0.2) is 0 Å². The van der Waals surface area contributed by atoms with Crippen molar-refractivity contribution in [2.24, 2.45) is 22.7 Å². The number of aliphatic hydroxyl groups excluding tert-OH is 1. The molecular formula is C22H28O6. The Morgan fingerprint density at radius 2 is 2.25 bits per heavy atom. The molecule has 6 atom stereocenters. The zero-order chi connectivity index (χ0) is 20.1. The number of carbonyl (C=O) groups is 2. The molecule has 3 aliphatic rings. The molecule has 0 unspecified atom stereocenters. The molecule has 4 rings (SSSR count). The molecular weight excluding hydrogens is 360 g/mol. The molecule has 2 fully saturated rings. The van der Waals surface area contributed by atoms with E-state index in [1.165, 1.54) is 6.92 Å². The van der Waals surface area contributed by atoms with Gasteiger partial charge in [0, 0.05) is 23.5 Å². The lowest BCUT2D eigenvalue weighted by molar-refractivity contribution is -0.175. The summed E-state index contributed by atoms with van der Waals surface area (Å²) in [6.45, 7) is 6.00. The minimum Gasteiger partial charge on any atom is -0.472 e. The quantitative estimate of drug-likeness (QED) is 0.794. The molecule has 0 amide bonds. The van der Waals surface area contributed by atoms with Crippen molar-refractivity contribution < 1.29 is 28.6 Å². The Balaban J connectivity index is 1.75. The van der Waals surface area contributed by atoms with Gasteiger partial charge in [0.2, 0.25) is 0 Å². The molecule has 6 heteroatoms. The average Bonchev–Trinajstić information content (AvgIpc) is 3.28. The van der Waals surface area contributed by atoms with E-state index in [1.54, 1.807) is 18.6 Å². The van der Waals surface area contributed by atoms with Crippen LogP contribution in [0.15, 0.2) is 34.7 Å². The first kappa shape index (κ1) is 19.2. The van der Waals surface area contributed by atoms with Crippen molar-refractivity contribution in [3.05, 3.63) is 35.8 Å². The zero-order valence-corrected chi connectivity index (χ0v) is 16.6. The summed E-state index contributed by atoms with van der Waals surface area (Å²) in [7, 11) is 0. The Labute approximate surface area is 164 Å². The highest BCUT2D eigenvalue weighted by Gasteiger charge is 2.64. The molecule has 1 saturated carbocycles. The first-order valence-corrected chi connectivity index (χ1v) is 10.0. The second-order valence-electron chi connectivity index (χ2n) is 8.90. The van der Waals surface area contributed by atoms with Crippen molar-refractivity contribution in [2.75, 3.05) is 6.61 Å². The third-order valence-corrected chi connectivity index (χ3v) is 7.53. The van der Waals surface area contributed by atoms with E-state index in [2.05, 4.69) is 13.8 Å². The Hall–Kier alpha value is -2.08. The summed E-state index contributed by atoms with van der Waals surface area (Å²) in [5.74, 6) is -0.381. The second kappa shape index (κ2) is 6.76. The van der Waals surface area contributed by atoms with E-state index in [1.807, 2.05) is 6.08 Å². The van der Waals surface area contributed by atoms with Crippen LogP contribution in [0, 0.1) is 22.7 Å². The van der Waals surface area contributed by atoms with Gasteiger partial charge in [-0.25, -0.2) is 4.79 Å². The first-order chi connectivity index (χ1) is 13.3. The lowest BCUT2D eigenvalue weighted by Crippen LogP contribution is -2.57. The van der Waals surface area contributed by atoms with Gasteiger partial charge in [-0.3, -0.25) is 4.79 Å². The smallest absolute Gasteiger partial charge is 0.334 e. The van der Waals surface area contributed by atoms with E-state index in [-0.39, 0.29) is 35.3 Å². The number of cyclic esters (lactones) is 1. The topological polar surface area (TPSA) is 86.0 Å². The van der Waals surface area contributed by atoms with Crippen molar-refractivity contribution >= 4 is 11.9 Å². The summed E-state index contributed by atoms with van der Waals surface area (Å²) in [6.07, 6.45) is 6.93. The molecule has 1 N–H and O–H groups in total. The maximum absolute atomic E-state index is 12.4. The predicted molar refractivity (Wildman–Crippen MR) is 99.9 cm³/mol. The van der Waals surface area contributed by atoms with Crippen LogP contribution in [-0.2, 0) is 19.1 Å². The van der Waals surface area contributed by atoms with Crippen LogP contribution in [0.1, 0.15) is 58.1 Å². The fraction of sp³-hybridized carbons (Fsp3) is 0.636. The number of hydrogen-bond acceptors (Lipinski definition) is 6. The zero-order valence-electron chi connectivity index (χ0n) is 16.6. The molecule has 1 saturated heterocycles. The molecule has 2 aliphatic carbocycles. The van der Waals surface area contributed by atoms with Crippen molar-refractivity contribution in [3.63, 3.8) is 0 Å². The van der Waals surface area contributed by atoms with E-state index in [4.69, 9.17) is 13.9 Å². The standard InChI is InChI=1S/C22H28O6/c1-13-18(28-14(2)23)10-22-12-27-20(25)16(22)5-4-6-19(22)21(13,3)9-17(24)15-7-8-26-11-15/h5,7-8,11,13,17-19,24H,4,6,9-10,12H2,1-3H3/t13-,17-,18+,19-,21+,22-/m0/s1. The highest BCUT2D eigenvalue weighted by atomic mass is 16.5. The van der Waals surface area contributed by atoms with Gasteiger partial charge in [-0.1, -0.05) is 19.9 Å². The second-order valence-corrected chi connectivity index (χ2v) is 8.90. The van der Waals surface area contributed by atoms with Gasteiger partial charge in [-0.05, 0) is 49.0 Å². The van der Waals surface area contributed by atoms with E-state index in [9.17, 15) is 14.7 Å². The SMILES string of the molecule is CC(=O)O[C@@H]1C[C@]23COC(=O)C2=CCC[C@H]3[C@](C)(C[C@H](O)c2ccoc2)[C@H]1C. The van der Waals surface area contributed by atoms with Gasteiger partial charge in [-0.2, -0.15) is 0 Å². The van der Waals surface area contributed by atoms with E-state index in [0.29, 0.717) is 19.4 Å². The summed E-state index contributed by atoms with van der Waals surface area (Å²) in [4.78, 5) is 24.2. The number of ether oxygens (including phenoxy) is 2. The van der Waals surface area contributed by atoms with Gasteiger partial charge in [0.05, 0.1) is 18.6 Å². The van der Waals surface area contributed by atoms with E-state index < -0.39 is 11.5 Å². The first-order valence-electron chi connectivity index (χ1n) is 10.0. The summed E-state index contributed by atoms with van der Waals surface area (Å²) >= 11 is 0. The molecule has 1 aromatic rings. The molecule has 28 heavy (non-hydrogen) atoms. The minimum atomic E-state index is -0.688. The molecule has 0 radical (unpaired) electrons. The number of allylic oxidation sites excluding steroid dienone is 1. The number of rotatable bonds is 4. The van der Waals surface area contributed by atoms with E-state index >= 15 is 0 Å². The number of esters is 2. The van der Waals surface area contributed by atoms with Crippen LogP contribution in [-0.4, -0.2) is 29.8 Å². The van der Waals surface area contributed by atoms with Crippen molar-refractivity contribution in [1.29, 1.82) is 0 Å². The Bertz CT molecular complexity index is 796. The largest absolute Gasteiger partial charge is 0.472 e. The van der Waals surface area contributed by atoms with Crippen LogP contribution in [0.4, 0.5) is 0 Å². The lowest BCUT2D eigenvalue weighted by Gasteiger charge is -2.58. The molecule has 1 spiro atoms. The molecule has 6 nitrogen and oxygen atoms in total. The van der Waals surface area contributed by atoms with Crippen LogP contribution in [0.3, 0.4) is 0 Å². The highest BCUT2D eigenvalue weighted by Crippen LogP contribution is 2.64. The minimum absolute atomic E-state index is 0.0311. The number of carbonyl (C=O) groups excluding carboxylic acids is 2. The fourth-order valence-electron chi connectivity index (χ4n) is 6.03. The molecule has 1 aliphatic heterocycles. The van der Waals surface area contributed by atoms with Crippen molar-refractivity contribution in [3.8, 4) is 0 Å². The van der Waals surface area contributed by atoms with Crippen LogP contribution >= 0.6 is 0 Å². The Morgan fingerprint density at radius 1 is 1.46 bits per heavy atom. The van der Waals surface area contributed by atoms with E-state index in [0.717, 1.165) is 24.0 Å². The predicted octanol–water partition coefficient (Wildman–Crippen LogP) is 3.56. The monoisotopic (exact) mass is 388 g/mol. The van der Waals surface area contributed by atoms with Gasteiger partial charge in [0.1, 0.15) is 12.7 Å². The third-order valence-electron chi connectivity index (χ3n) is 7.53. The van der Waals surface area contributed by atoms with Gasteiger partial charge in [-0.15, -0.1) is 0 Å².